The predicted octanol–water partition coefficient (Wildman–Crippen LogP) is 8.13. The Morgan fingerprint density at radius 3 is 2.19 bits per heavy atom. The quantitative estimate of drug-likeness (QED) is 0.257. The molecule has 0 aromatic heterocycles. The molecule has 0 radical (unpaired) electrons. The summed E-state index contributed by atoms with van der Waals surface area (Å²) in [5.74, 6) is -0.625. The van der Waals surface area contributed by atoms with Crippen LogP contribution in [-0.4, -0.2) is 29.4 Å². The fraction of sp³-hybridized carbons (Fsp3) is 0.577. The van der Waals surface area contributed by atoms with Crippen LogP contribution in [0.4, 0.5) is 39.5 Å². The Kier molecular flexibility index (Phi) is 8.86. The number of hydrogen-bond acceptors (Lipinski definition) is 2. The molecule has 1 aromatic carbocycles. The number of carbonyl (C=O) groups is 1. The van der Waals surface area contributed by atoms with Crippen LogP contribution in [0.15, 0.2) is 42.0 Å². The van der Waals surface area contributed by atoms with E-state index in [2.05, 4.69) is 0 Å². The number of allylic oxidation sites excluding steroid dienone is 3. The lowest BCUT2D eigenvalue weighted by Crippen LogP contribution is -2.52. The molecule has 1 saturated heterocycles. The molecule has 1 aliphatic heterocycles. The van der Waals surface area contributed by atoms with E-state index < -0.39 is 59.3 Å². The first-order chi connectivity index (χ1) is 17.1. The second-order valence-corrected chi connectivity index (χ2v) is 9.71. The molecule has 0 N–H and O–H groups in total. The lowest BCUT2D eigenvalue weighted by Gasteiger charge is -2.48. The maximum absolute atomic E-state index is 13.8. The fourth-order valence-electron chi connectivity index (χ4n) is 5.48. The maximum Gasteiger partial charge on any atom is 0.416 e. The molecule has 3 rings (SSSR count). The molecule has 11 heteroatoms. The van der Waals surface area contributed by atoms with Crippen LogP contribution in [0.5, 0.6) is 0 Å². The van der Waals surface area contributed by atoms with Crippen molar-refractivity contribution in [3.63, 3.8) is 0 Å². The highest BCUT2D eigenvalue weighted by atomic mass is 19.4. The van der Waals surface area contributed by atoms with E-state index in [0.717, 1.165) is 18.4 Å². The molecule has 206 valence electrons. The van der Waals surface area contributed by atoms with Crippen LogP contribution in [-0.2, 0) is 23.7 Å². The number of alkyl halides is 9. The summed E-state index contributed by atoms with van der Waals surface area (Å²) in [7, 11) is 0. The van der Waals surface area contributed by atoms with Crippen LogP contribution in [0, 0.1) is 11.8 Å². The Balaban J connectivity index is 2.04. The minimum absolute atomic E-state index is 0.0200. The molecule has 37 heavy (non-hydrogen) atoms. The number of piperidine rings is 1. The summed E-state index contributed by atoms with van der Waals surface area (Å²) in [6.45, 7) is 1.42. The highest BCUT2D eigenvalue weighted by molar-refractivity contribution is 5.49. The summed E-state index contributed by atoms with van der Waals surface area (Å²) in [5.41, 5.74) is -3.74. The number of likely N-dealkylation sites (tertiary alicyclic amines) is 1. The van der Waals surface area contributed by atoms with E-state index in [1.807, 2.05) is 6.92 Å². The van der Waals surface area contributed by atoms with Crippen molar-refractivity contribution in [3.05, 3.63) is 58.7 Å². The van der Waals surface area contributed by atoms with E-state index in [9.17, 15) is 44.3 Å². The third-order valence-corrected chi connectivity index (χ3v) is 7.17. The molecule has 0 spiro atoms. The minimum Gasteiger partial charge on any atom is -0.303 e. The summed E-state index contributed by atoms with van der Waals surface area (Å²) >= 11 is 0. The average Bonchev–Trinajstić information content (AvgIpc) is 2.79. The molecule has 1 fully saturated rings. The van der Waals surface area contributed by atoms with Gasteiger partial charge in [-0.05, 0) is 61.3 Å². The number of hydrogen-bond donors (Lipinski definition) is 0. The van der Waals surface area contributed by atoms with Crippen molar-refractivity contribution in [1.82, 2.24) is 4.90 Å². The first-order valence-electron chi connectivity index (χ1n) is 12.1. The highest BCUT2D eigenvalue weighted by Gasteiger charge is 2.42. The van der Waals surface area contributed by atoms with Gasteiger partial charge in [-0.2, -0.15) is 39.5 Å². The van der Waals surface area contributed by atoms with Crippen molar-refractivity contribution in [2.75, 3.05) is 0 Å². The predicted molar refractivity (Wildman–Crippen MR) is 119 cm³/mol. The smallest absolute Gasteiger partial charge is 0.303 e. The third-order valence-electron chi connectivity index (χ3n) is 7.17. The van der Waals surface area contributed by atoms with Gasteiger partial charge in [0.1, 0.15) is 6.29 Å². The number of rotatable bonds is 7. The van der Waals surface area contributed by atoms with Gasteiger partial charge in [-0.15, -0.1) is 0 Å². The second-order valence-electron chi connectivity index (χ2n) is 9.71. The van der Waals surface area contributed by atoms with Gasteiger partial charge in [0, 0.05) is 25.0 Å². The first kappa shape index (κ1) is 29.3. The van der Waals surface area contributed by atoms with Gasteiger partial charge >= 0.3 is 18.5 Å². The Hall–Kier alpha value is -2.30. The van der Waals surface area contributed by atoms with Gasteiger partial charge in [-0.3, -0.25) is 4.90 Å². The molecule has 0 saturated carbocycles. The van der Waals surface area contributed by atoms with E-state index in [1.165, 1.54) is 6.08 Å². The Labute approximate surface area is 209 Å². The van der Waals surface area contributed by atoms with E-state index in [1.54, 1.807) is 4.90 Å². The van der Waals surface area contributed by atoms with E-state index >= 15 is 0 Å². The summed E-state index contributed by atoms with van der Waals surface area (Å²) in [6.07, 6.45) is -8.05. The lowest BCUT2D eigenvalue weighted by atomic mass is 9.76. The van der Waals surface area contributed by atoms with Gasteiger partial charge in [-0.25, -0.2) is 0 Å². The van der Waals surface area contributed by atoms with Crippen LogP contribution >= 0.6 is 0 Å². The largest absolute Gasteiger partial charge is 0.416 e. The average molecular weight is 541 g/mol. The molecule has 2 nitrogen and oxygen atoms in total. The fourth-order valence-corrected chi connectivity index (χ4v) is 5.48. The zero-order valence-electron chi connectivity index (χ0n) is 20.1. The monoisotopic (exact) mass is 541 g/mol. The Morgan fingerprint density at radius 2 is 1.68 bits per heavy atom. The van der Waals surface area contributed by atoms with Crippen molar-refractivity contribution in [3.8, 4) is 0 Å². The summed E-state index contributed by atoms with van der Waals surface area (Å²) in [4.78, 5) is 13.0. The topological polar surface area (TPSA) is 20.3 Å². The van der Waals surface area contributed by atoms with Gasteiger partial charge in [0.2, 0.25) is 0 Å². The number of nitrogens with zero attached hydrogens (tertiary/aromatic N) is 1. The van der Waals surface area contributed by atoms with Crippen LogP contribution in [0.1, 0.15) is 62.1 Å². The number of carbonyl (C=O) groups excluding carboxylic acids is 1. The number of halogens is 9. The van der Waals surface area contributed by atoms with Gasteiger partial charge < -0.3 is 4.79 Å². The van der Waals surface area contributed by atoms with Crippen LogP contribution < -0.4 is 0 Å². The van der Waals surface area contributed by atoms with Crippen molar-refractivity contribution >= 4 is 6.29 Å². The second kappa shape index (κ2) is 11.2. The van der Waals surface area contributed by atoms with Crippen molar-refractivity contribution < 1.29 is 44.3 Å². The van der Waals surface area contributed by atoms with E-state index in [4.69, 9.17) is 0 Å². The third kappa shape index (κ3) is 7.18. The molecule has 1 unspecified atom stereocenters. The van der Waals surface area contributed by atoms with Crippen molar-refractivity contribution in [1.29, 1.82) is 0 Å². The molecule has 2 aliphatic rings. The molecule has 1 aromatic rings. The zero-order valence-corrected chi connectivity index (χ0v) is 20.1. The SMILES string of the molecule is CCC[C@H]1C[C@@H](CC=O)C[C@H](C2C=CC(C(F)(F)F)=CC2)N1Cc1cc(C(F)(F)F)ccc1C(F)(F)F. The number of benzene rings is 1. The van der Waals surface area contributed by atoms with Gasteiger partial charge in [0.25, 0.3) is 0 Å². The highest BCUT2D eigenvalue weighted by Crippen LogP contribution is 2.42. The Morgan fingerprint density at radius 1 is 0.973 bits per heavy atom. The van der Waals surface area contributed by atoms with Crippen LogP contribution in [0.3, 0.4) is 0 Å². The summed E-state index contributed by atoms with van der Waals surface area (Å²) in [6, 6.07) is 0.453. The summed E-state index contributed by atoms with van der Waals surface area (Å²) < 4.78 is 121. The van der Waals surface area contributed by atoms with E-state index in [-0.39, 0.29) is 24.8 Å². The number of aldehydes is 1. The van der Waals surface area contributed by atoms with Crippen molar-refractivity contribution in [2.24, 2.45) is 11.8 Å². The lowest BCUT2D eigenvalue weighted by molar-refractivity contribution is -0.142. The molecule has 0 amide bonds. The first-order valence-corrected chi connectivity index (χ1v) is 12.1. The van der Waals surface area contributed by atoms with Gasteiger partial charge in [0.15, 0.2) is 0 Å². The zero-order chi connectivity index (χ0) is 27.6. The standard InChI is InChI=1S/C26H28F9NO/c1-2-3-21-12-16(10-11-37)13-23(17-4-6-19(7-5-17)24(27,28)29)36(21)15-18-14-20(25(30,31)32)8-9-22(18)26(33,34)35/h4,6-9,11,14,16-17,21,23H,2-3,5,10,12-13,15H2,1H3/t16-,17?,21+,23-/m1/s1. The van der Waals surface area contributed by atoms with Crippen molar-refractivity contribution in [2.45, 2.75) is 82.6 Å². The minimum atomic E-state index is -4.89. The van der Waals surface area contributed by atoms with E-state index in [0.29, 0.717) is 43.9 Å². The van der Waals surface area contributed by atoms with Crippen LogP contribution in [0.25, 0.3) is 0 Å². The molecule has 0 bridgehead atoms. The normalized spacial score (nSPS) is 25.7. The molecular formula is C26H28F9NO. The van der Waals surface area contributed by atoms with Gasteiger partial charge in [-0.1, -0.05) is 31.6 Å². The summed E-state index contributed by atoms with van der Waals surface area (Å²) in [5, 5.41) is 0. The van der Waals surface area contributed by atoms with Gasteiger partial charge in [0.05, 0.1) is 16.7 Å². The molecular weight excluding hydrogens is 513 g/mol. The van der Waals surface area contributed by atoms with Crippen LogP contribution in [0.2, 0.25) is 0 Å². The molecule has 1 aliphatic carbocycles. The Bertz CT molecular complexity index is 1010. The maximum atomic E-state index is 13.8. The molecule has 1 heterocycles. The molecule has 4 atom stereocenters.